The molecule has 5 heteroatoms. The van der Waals surface area contributed by atoms with Gasteiger partial charge in [-0.05, 0) is 141 Å². The summed E-state index contributed by atoms with van der Waals surface area (Å²) in [5.41, 5.74) is 13.1. The summed E-state index contributed by atoms with van der Waals surface area (Å²) in [6.45, 7) is 0. The van der Waals surface area contributed by atoms with Gasteiger partial charge in [-0.1, -0.05) is 182 Å². The van der Waals surface area contributed by atoms with Crippen LogP contribution in [0.3, 0.4) is 0 Å². The van der Waals surface area contributed by atoms with E-state index in [0.717, 1.165) is 77.6 Å². The number of nitrogens with zero attached hydrogens (tertiary/aromatic N) is 2. The summed E-state index contributed by atoms with van der Waals surface area (Å²) in [4.78, 5) is 4.96. The normalized spacial score (nSPS) is 12.0. The number of hydrogen-bond acceptors (Lipinski definition) is 5. The van der Waals surface area contributed by atoms with Crippen molar-refractivity contribution in [3.63, 3.8) is 0 Å². The minimum atomic E-state index is 0.860. The van der Waals surface area contributed by atoms with E-state index in [-0.39, 0.29) is 0 Å². The van der Waals surface area contributed by atoms with Crippen molar-refractivity contribution in [3.05, 3.63) is 279 Å². The predicted octanol–water partition coefficient (Wildman–Crippen LogP) is 23.2. The molecule has 3 nitrogen and oxygen atoms in total. The molecule has 3 aromatic heterocycles. The Labute approximate surface area is 474 Å². The molecule has 0 saturated heterocycles. The van der Waals surface area contributed by atoms with Crippen molar-refractivity contribution in [1.29, 1.82) is 0 Å². The van der Waals surface area contributed by atoms with E-state index in [2.05, 4.69) is 289 Å². The third-order valence-electron chi connectivity index (χ3n) is 16.5. The van der Waals surface area contributed by atoms with Crippen molar-refractivity contribution in [1.82, 2.24) is 0 Å². The first-order valence-corrected chi connectivity index (χ1v) is 29.2. The molecule has 0 N–H and O–H groups in total. The molecule has 3 heterocycles. The molecule has 81 heavy (non-hydrogen) atoms. The van der Waals surface area contributed by atoms with Gasteiger partial charge >= 0.3 is 0 Å². The topological polar surface area (TPSA) is 19.6 Å². The largest absolute Gasteiger partial charge is 0.456 e. The van der Waals surface area contributed by atoms with Crippen LogP contribution in [0, 0.1) is 0 Å². The molecule has 0 unspecified atom stereocenters. The van der Waals surface area contributed by atoms with Gasteiger partial charge in [-0.15, -0.1) is 22.7 Å². The van der Waals surface area contributed by atoms with Crippen LogP contribution in [-0.2, 0) is 0 Å². The van der Waals surface area contributed by atoms with Crippen molar-refractivity contribution < 1.29 is 4.42 Å². The predicted molar refractivity (Wildman–Crippen MR) is 350 cm³/mol. The van der Waals surface area contributed by atoms with Gasteiger partial charge in [0, 0.05) is 84.4 Å². The zero-order chi connectivity index (χ0) is 53.1. The Balaban J connectivity index is 0.844. The Bertz CT molecular complexity index is 5040. The molecule has 14 aromatic carbocycles. The fourth-order valence-electron chi connectivity index (χ4n) is 12.7. The lowest BCUT2D eigenvalue weighted by Gasteiger charge is -2.29. The number of hydrogen-bond donors (Lipinski definition) is 0. The second-order valence-electron chi connectivity index (χ2n) is 21.2. The summed E-state index contributed by atoms with van der Waals surface area (Å²) >= 11 is 3.72. The van der Waals surface area contributed by atoms with Gasteiger partial charge in [-0.3, -0.25) is 0 Å². The molecule has 0 radical (unpaired) electrons. The lowest BCUT2D eigenvalue weighted by atomic mass is 9.97. The molecular formula is C76H46N2OS2. The Morgan fingerprint density at radius 3 is 1.11 bits per heavy atom. The van der Waals surface area contributed by atoms with E-state index in [1.807, 2.05) is 22.7 Å². The molecule has 0 bridgehead atoms. The van der Waals surface area contributed by atoms with Crippen LogP contribution in [0.4, 0.5) is 34.1 Å². The Morgan fingerprint density at radius 2 is 0.642 bits per heavy atom. The zero-order valence-electron chi connectivity index (χ0n) is 43.7. The second kappa shape index (κ2) is 18.3. The van der Waals surface area contributed by atoms with Crippen LogP contribution in [0.25, 0.3) is 128 Å². The molecule has 0 atom stereocenters. The van der Waals surface area contributed by atoms with Crippen LogP contribution in [-0.4, -0.2) is 0 Å². The van der Waals surface area contributed by atoms with Crippen LogP contribution in [0.2, 0.25) is 0 Å². The lowest BCUT2D eigenvalue weighted by molar-refractivity contribution is 0.670. The minimum Gasteiger partial charge on any atom is -0.456 e. The van der Waals surface area contributed by atoms with Gasteiger partial charge in [-0.2, -0.15) is 0 Å². The number of furan rings is 1. The monoisotopic (exact) mass is 1070 g/mol. The average molecular weight is 1070 g/mol. The van der Waals surface area contributed by atoms with E-state index in [1.54, 1.807) is 0 Å². The van der Waals surface area contributed by atoms with Gasteiger partial charge in [0.05, 0.1) is 22.7 Å². The SMILES string of the molecule is c1ccc(-c2cc3sc4ccccc4c3cc2N(c2ccc3cc4c(cc3c2)oc2cc3cc(N(c5cc6c(cc5-c5ccccc5)sc5ccccc56)c5cccc6ccccc56)ccc3cc24)c2cccc3ccccc23)cc1. The summed E-state index contributed by atoms with van der Waals surface area (Å²) in [5, 5.41) is 16.5. The molecule has 0 spiro atoms. The van der Waals surface area contributed by atoms with Crippen molar-refractivity contribution in [2.45, 2.75) is 0 Å². The highest BCUT2D eigenvalue weighted by Gasteiger charge is 2.25. The summed E-state index contributed by atoms with van der Waals surface area (Å²) in [7, 11) is 0. The molecular weight excluding hydrogens is 1020 g/mol. The average Bonchev–Trinajstić information content (AvgIpc) is 4.24. The summed E-state index contributed by atoms with van der Waals surface area (Å²) in [6, 6.07) is 103. The van der Waals surface area contributed by atoms with Crippen molar-refractivity contribution in [2.75, 3.05) is 9.80 Å². The maximum absolute atomic E-state index is 7.01. The molecule has 0 aliphatic rings. The third kappa shape index (κ3) is 7.47. The molecule has 0 saturated carbocycles. The third-order valence-corrected chi connectivity index (χ3v) is 18.8. The van der Waals surface area contributed by atoms with E-state index in [4.69, 9.17) is 4.42 Å². The van der Waals surface area contributed by atoms with Gasteiger partial charge in [0.15, 0.2) is 0 Å². The highest BCUT2D eigenvalue weighted by molar-refractivity contribution is 7.26. The van der Waals surface area contributed by atoms with E-state index in [9.17, 15) is 0 Å². The lowest BCUT2D eigenvalue weighted by Crippen LogP contribution is -2.12. The fourth-order valence-corrected chi connectivity index (χ4v) is 15.0. The number of anilines is 6. The van der Waals surface area contributed by atoms with Gasteiger partial charge < -0.3 is 14.2 Å². The maximum atomic E-state index is 7.01. The number of benzene rings is 14. The molecule has 0 amide bonds. The van der Waals surface area contributed by atoms with Crippen molar-refractivity contribution in [2.24, 2.45) is 0 Å². The Hall–Kier alpha value is -10.0. The first kappa shape index (κ1) is 45.9. The van der Waals surface area contributed by atoms with E-state index < -0.39 is 0 Å². The summed E-state index contributed by atoms with van der Waals surface area (Å²) in [5.74, 6) is 0. The van der Waals surface area contributed by atoms with Crippen LogP contribution < -0.4 is 9.80 Å². The molecule has 0 aliphatic carbocycles. The van der Waals surface area contributed by atoms with Gasteiger partial charge in [0.2, 0.25) is 0 Å². The van der Waals surface area contributed by atoms with Crippen LogP contribution in [0.1, 0.15) is 0 Å². The van der Waals surface area contributed by atoms with E-state index in [1.165, 1.54) is 84.1 Å². The number of rotatable bonds is 8. The fraction of sp³-hybridized carbons (Fsp3) is 0. The zero-order valence-corrected chi connectivity index (χ0v) is 45.3. The molecule has 17 rings (SSSR count). The number of fused-ring (bicyclic) bond motifs is 13. The van der Waals surface area contributed by atoms with Crippen LogP contribution in [0.5, 0.6) is 0 Å². The highest BCUT2D eigenvalue weighted by Crippen LogP contribution is 2.51. The van der Waals surface area contributed by atoms with Crippen molar-refractivity contribution >= 4 is 162 Å². The van der Waals surface area contributed by atoms with Crippen LogP contribution in [0.15, 0.2) is 283 Å². The smallest absolute Gasteiger partial charge is 0.136 e. The molecule has 17 aromatic rings. The second-order valence-corrected chi connectivity index (χ2v) is 23.4. The summed E-state index contributed by atoms with van der Waals surface area (Å²) in [6.07, 6.45) is 0. The van der Waals surface area contributed by atoms with Gasteiger partial charge in [-0.25, -0.2) is 0 Å². The maximum Gasteiger partial charge on any atom is 0.136 e. The Morgan fingerprint density at radius 1 is 0.235 bits per heavy atom. The highest BCUT2D eigenvalue weighted by atomic mass is 32.1. The Kier molecular flexibility index (Phi) is 10.4. The quantitative estimate of drug-likeness (QED) is 0.151. The van der Waals surface area contributed by atoms with Gasteiger partial charge in [0.25, 0.3) is 0 Å². The van der Waals surface area contributed by atoms with Crippen molar-refractivity contribution in [3.8, 4) is 22.3 Å². The molecule has 378 valence electrons. The molecule has 0 fully saturated rings. The standard InChI is InChI=1S/C76H46N2OS2/c1-3-17-49(18-4-1)61-45-75-65(59-27-11-13-31-73(59)80-75)43-69(61)77(67-29-15-23-47-21-7-9-25-57(47)67)55-35-33-51-39-63-64-40-52-34-36-56(38-54(52)42-72(64)79-71(63)41-53(51)37-55)78(68-30-16-24-48-22-8-10-26-58(48)68)70-44-66-60-28-12-14-32-74(60)81-76(66)46-62(70)50-19-5-2-6-20-50/h1-46H. The van der Waals surface area contributed by atoms with E-state index in [0.29, 0.717) is 0 Å². The van der Waals surface area contributed by atoms with Gasteiger partial charge in [0.1, 0.15) is 11.2 Å². The van der Waals surface area contributed by atoms with Crippen LogP contribution >= 0.6 is 22.7 Å². The first-order chi connectivity index (χ1) is 40.1. The number of thiophene rings is 2. The molecule has 0 aliphatic heterocycles. The minimum absolute atomic E-state index is 0.860. The summed E-state index contributed by atoms with van der Waals surface area (Å²) < 4.78 is 12.1. The van der Waals surface area contributed by atoms with E-state index >= 15 is 0 Å². The first-order valence-electron chi connectivity index (χ1n) is 27.5.